The molecule has 2 aliphatic rings. The van der Waals surface area contributed by atoms with Gasteiger partial charge in [0.05, 0.1) is 5.69 Å². The number of fused-ring (bicyclic) bond motifs is 1. The van der Waals surface area contributed by atoms with E-state index in [1.54, 1.807) is 29.0 Å². The second kappa shape index (κ2) is 6.97. The number of aromatic nitrogens is 1. The Morgan fingerprint density at radius 1 is 1.04 bits per heavy atom. The van der Waals surface area contributed by atoms with Crippen molar-refractivity contribution in [3.63, 3.8) is 0 Å². The molecule has 27 heavy (non-hydrogen) atoms. The summed E-state index contributed by atoms with van der Waals surface area (Å²) in [6.45, 7) is 2.54. The number of aryl methyl sites for hydroxylation is 1. The molecule has 2 aliphatic heterocycles. The Bertz CT molecular complexity index is 965. The quantitative estimate of drug-likeness (QED) is 0.854. The lowest BCUT2D eigenvalue weighted by molar-refractivity contribution is 0.0951. The highest BCUT2D eigenvalue weighted by Crippen LogP contribution is 2.25. The summed E-state index contributed by atoms with van der Waals surface area (Å²) in [5.74, 6) is -0.561. The zero-order valence-electron chi connectivity index (χ0n) is 14.8. The summed E-state index contributed by atoms with van der Waals surface area (Å²) < 4.78 is 43.0. The first-order valence-electron chi connectivity index (χ1n) is 8.95. The number of rotatable bonds is 3. The van der Waals surface area contributed by atoms with Crippen molar-refractivity contribution in [2.24, 2.45) is 0 Å². The Kier molecular flexibility index (Phi) is 4.65. The minimum atomic E-state index is -3.70. The van der Waals surface area contributed by atoms with E-state index in [0.717, 1.165) is 6.42 Å². The Morgan fingerprint density at radius 2 is 1.78 bits per heavy atom. The van der Waals surface area contributed by atoms with Gasteiger partial charge in [-0.15, -0.1) is 0 Å². The van der Waals surface area contributed by atoms with Gasteiger partial charge in [0.1, 0.15) is 16.4 Å². The second-order valence-corrected chi connectivity index (χ2v) is 8.64. The number of hydrogen-bond acceptors (Lipinski definition) is 4. The van der Waals surface area contributed by atoms with Gasteiger partial charge >= 0.3 is 0 Å². The Balaban J connectivity index is 1.52. The molecule has 1 saturated heterocycles. The summed E-state index contributed by atoms with van der Waals surface area (Å²) in [6, 6.07) is 7.94. The van der Waals surface area contributed by atoms with Crippen molar-refractivity contribution in [1.29, 1.82) is 0 Å². The number of halogens is 1. The average Bonchev–Trinajstić information content (AvgIpc) is 3.03. The molecule has 9 heteroatoms. The van der Waals surface area contributed by atoms with Crippen LogP contribution in [0.4, 0.5) is 10.1 Å². The Hall–Kier alpha value is -2.39. The number of hydrogen-bond donors (Lipinski definition) is 1. The van der Waals surface area contributed by atoms with Gasteiger partial charge in [0, 0.05) is 45.5 Å². The van der Waals surface area contributed by atoms with E-state index in [4.69, 9.17) is 0 Å². The SMILES string of the molecule is O=C1NCCCn2cc(S(=O)(=O)N3CCN(c4ccccc4F)CC3)cc21. The number of carbonyl (C=O) groups is 1. The smallest absolute Gasteiger partial charge is 0.267 e. The molecule has 0 atom stereocenters. The zero-order valence-corrected chi connectivity index (χ0v) is 15.6. The van der Waals surface area contributed by atoms with Gasteiger partial charge in [-0.05, 0) is 24.6 Å². The van der Waals surface area contributed by atoms with E-state index < -0.39 is 10.0 Å². The Morgan fingerprint density at radius 3 is 2.52 bits per heavy atom. The number of benzene rings is 1. The molecular formula is C18H21FN4O3S. The molecule has 1 N–H and O–H groups in total. The summed E-state index contributed by atoms with van der Waals surface area (Å²) in [5.41, 5.74) is 0.859. The van der Waals surface area contributed by atoms with Crippen molar-refractivity contribution in [2.75, 3.05) is 37.6 Å². The number of nitrogens with one attached hydrogen (secondary N) is 1. The fourth-order valence-electron chi connectivity index (χ4n) is 3.57. The maximum Gasteiger partial charge on any atom is 0.267 e. The van der Waals surface area contributed by atoms with Gasteiger partial charge in [-0.1, -0.05) is 12.1 Å². The van der Waals surface area contributed by atoms with E-state index in [2.05, 4.69) is 5.32 Å². The Labute approximate surface area is 157 Å². The van der Waals surface area contributed by atoms with Gasteiger partial charge in [-0.3, -0.25) is 4.79 Å². The number of nitrogens with zero attached hydrogens (tertiary/aromatic N) is 3. The second-order valence-electron chi connectivity index (χ2n) is 6.71. The van der Waals surface area contributed by atoms with Crippen molar-refractivity contribution >= 4 is 21.6 Å². The van der Waals surface area contributed by atoms with E-state index >= 15 is 0 Å². The highest BCUT2D eigenvalue weighted by atomic mass is 32.2. The van der Waals surface area contributed by atoms with Crippen LogP contribution in [0.2, 0.25) is 0 Å². The van der Waals surface area contributed by atoms with Gasteiger partial charge in [-0.25, -0.2) is 12.8 Å². The fourth-order valence-corrected chi connectivity index (χ4v) is 5.03. The van der Waals surface area contributed by atoms with Crippen LogP contribution in [0.1, 0.15) is 16.9 Å². The third-order valence-electron chi connectivity index (χ3n) is 5.04. The van der Waals surface area contributed by atoms with Crippen molar-refractivity contribution in [2.45, 2.75) is 17.9 Å². The molecule has 144 valence electrons. The van der Waals surface area contributed by atoms with Crippen LogP contribution in [-0.2, 0) is 16.6 Å². The highest BCUT2D eigenvalue weighted by molar-refractivity contribution is 7.89. The van der Waals surface area contributed by atoms with Crippen LogP contribution in [0.5, 0.6) is 0 Å². The lowest BCUT2D eigenvalue weighted by Crippen LogP contribution is -2.48. The number of anilines is 1. The van der Waals surface area contributed by atoms with Crippen molar-refractivity contribution < 1.29 is 17.6 Å². The first-order valence-corrected chi connectivity index (χ1v) is 10.4. The van der Waals surface area contributed by atoms with E-state index in [0.29, 0.717) is 37.6 Å². The van der Waals surface area contributed by atoms with Crippen LogP contribution in [0.3, 0.4) is 0 Å². The van der Waals surface area contributed by atoms with Gasteiger partial charge in [0.15, 0.2) is 0 Å². The molecule has 0 aliphatic carbocycles. The van der Waals surface area contributed by atoms with Crippen LogP contribution in [-0.4, -0.2) is 55.9 Å². The lowest BCUT2D eigenvalue weighted by atomic mass is 10.2. The highest BCUT2D eigenvalue weighted by Gasteiger charge is 2.31. The van der Waals surface area contributed by atoms with E-state index in [-0.39, 0.29) is 29.7 Å². The van der Waals surface area contributed by atoms with Crippen LogP contribution in [0, 0.1) is 5.82 Å². The molecule has 7 nitrogen and oxygen atoms in total. The van der Waals surface area contributed by atoms with E-state index in [1.165, 1.54) is 16.4 Å². The van der Waals surface area contributed by atoms with Crippen LogP contribution < -0.4 is 10.2 Å². The molecule has 2 aromatic rings. The van der Waals surface area contributed by atoms with Crippen LogP contribution in [0.25, 0.3) is 0 Å². The predicted molar refractivity (Wildman–Crippen MR) is 98.8 cm³/mol. The third-order valence-corrected chi connectivity index (χ3v) is 6.90. The van der Waals surface area contributed by atoms with Crippen LogP contribution in [0.15, 0.2) is 41.4 Å². The van der Waals surface area contributed by atoms with Crippen molar-refractivity contribution in [1.82, 2.24) is 14.2 Å². The summed E-state index contributed by atoms with van der Waals surface area (Å²) in [5, 5.41) is 2.76. The number of carbonyl (C=O) groups excluding carboxylic acids is 1. The largest absolute Gasteiger partial charge is 0.367 e. The monoisotopic (exact) mass is 392 g/mol. The summed E-state index contributed by atoms with van der Waals surface area (Å²) in [6.07, 6.45) is 2.30. The maximum absolute atomic E-state index is 14.0. The average molecular weight is 392 g/mol. The number of piperazine rings is 1. The van der Waals surface area contributed by atoms with Crippen LogP contribution >= 0.6 is 0 Å². The first-order chi connectivity index (χ1) is 13.0. The van der Waals surface area contributed by atoms with Gasteiger partial charge in [0.2, 0.25) is 10.0 Å². The minimum absolute atomic E-state index is 0.133. The van der Waals surface area contributed by atoms with Crippen molar-refractivity contribution in [3.05, 3.63) is 48.0 Å². The molecular weight excluding hydrogens is 371 g/mol. The lowest BCUT2D eigenvalue weighted by Gasteiger charge is -2.35. The molecule has 1 aromatic heterocycles. The molecule has 0 unspecified atom stereocenters. The molecule has 1 fully saturated rings. The normalized spacial score (nSPS) is 18.7. The van der Waals surface area contributed by atoms with Gasteiger partial charge in [-0.2, -0.15) is 4.31 Å². The topological polar surface area (TPSA) is 74.6 Å². The first kappa shape index (κ1) is 18.0. The van der Waals surface area contributed by atoms with Crippen molar-refractivity contribution in [3.8, 4) is 0 Å². The molecule has 1 amide bonds. The summed E-state index contributed by atoms with van der Waals surface area (Å²) in [4.78, 5) is 14.1. The maximum atomic E-state index is 14.0. The zero-order chi connectivity index (χ0) is 19.0. The fraction of sp³-hybridized carbons (Fsp3) is 0.389. The molecule has 0 radical (unpaired) electrons. The van der Waals surface area contributed by atoms with Gasteiger partial charge in [0.25, 0.3) is 5.91 Å². The van der Waals surface area contributed by atoms with E-state index in [9.17, 15) is 17.6 Å². The predicted octanol–water partition coefficient (Wildman–Crippen LogP) is 1.27. The molecule has 1 aromatic carbocycles. The number of para-hydroxylation sites is 1. The third kappa shape index (κ3) is 3.32. The molecule has 4 rings (SSSR count). The molecule has 0 saturated carbocycles. The standard InChI is InChI=1S/C18H21FN4O3S/c19-15-4-1-2-5-16(15)21-8-10-23(11-9-21)27(25,26)14-12-17-18(24)20-6-3-7-22(17)13-14/h1-2,4-5,12-13H,3,6-11H2,(H,20,24). The summed E-state index contributed by atoms with van der Waals surface area (Å²) >= 11 is 0. The number of sulfonamides is 1. The van der Waals surface area contributed by atoms with Gasteiger partial charge < -0.3 is 14.8 Å². The van der Waals surface area contributed by atoms with E-state index in [1.807, 2.05) is 4.90 Å². The molecule has 0 spiro atoms. The number of amides is 1. The minimum Gasteiger partial charge on any atom is -0.367 e. The summed E-state index contributed by atoms with van der Waals surface area (Å²) in [7, 11) is -3.70. The molecule has 0 bridgehead atoms. The molecule has 3 heterocycles.